The molecule has 0 aromatic heterocycles. The first-order chi connectivity index (χ1) is 11.0. The zero-order chi connectivity index (χ0) is 17.2. The van der Waals surface area contributed by atoms with Crippen molar-refractivity contribution in [2.75, 3.05) is 20.6 Å². The number of rotatable bonds is 7. The number of nitrogens with zero attached hydrogens (tertiary/aromatic N) is 1. The van der Waals surface area contributed by atoms with E-state index in [9.17, 15) is 19.2 Å². The van der Waals surface area contributed by atoms with Gasteiger partial charge in [-0.15, -0.1) is 0 Å². The first-order valence-electron chi connectivity index (χ1n) is 6.87. The summed E-state index contributed by atoms with van der Waals surface area (Å²) in [7, 11) is 2.73. The summed E-state index contributed by atoms with van der Waals surface area (Å²) in [6.45, 7) is -0.430. The van der Waals surface area contributed by atoms with Gasteiger partial charge >= 0.3 is 6.03 Å². The van der Waals surface area contributed by atoms with Gasteiger partial charge in [0.05, 0.1) is 0 Å². The standard InChI is InChI=1S/C16H18N3O4/c1-17-15(22)10-19(16(23)18-2)13(11-20)14(21)9-8-12-6-4-3-5-7-12/h3-9,13H,10H2,1-2H3,(H,17,22)(H,18,23). The van der Waals surface area contributed by atoms with Crippen molar-refractivity contribution in [1.29, 1.82) is 0 Å². The molecule has 121 valence electrons. The number of carbonyl (C=O) groups is 3. The first-order valence-corrected chi connectivity index (χ1v) is 6.87. The van der Waals surface area contributed by atoms with Crippen LogP contribution in [0.5, 0.6) is 0 Å². The normalized spacial score (nSPS) is 11.6. The van der Waals surface area contributed by atoms with Gasteiger partial charge in [0.25, 0.3) is 0 Å². The van der Waals surface area contributed by atoms with Crippen LogP contribution in [-0.2, 0) is 14.4 Å². The van der Waals surface area contributed by atoms with Crippen molar-refractivity contribution >= 4 is 30.1 Å². The smallest absolute Gasteiger partial charge is 0.318 e. The molecule has 23 heavy (non-hydrogen) atoms. The molecule has 0 fully saturated rings. The predicted molar refractivity (Wildman–Crippen MR) is 85.2 cm³/mol. The summed E-state index contributed by atoms with van der Waals surface area (Å²) in [6.07, 6.45) is 4.22. The minimum atomic E-state index is -1.49. The molecular formula is C16H18N3O4. The van der Waals surface area contributed by atoms with Gasteiger partial charge in [-0.1, -0.05) is 36.4 Å². The number of amides is 3. The SMILES string of the molecule is CNC(=O)CN(C(=O)NC)C([C]=O)C(=O)C=Cc1ccccc1. The quantitative estimate of drug-likeness (QED) is 0.552. The Morgan fingerprint density at radius 1 is 1.17 bits per heavy atom. The van der Waals surface area contributed by atoms with Crippen molar-refractivity contribution in [3.8, 4) is 0 Å². The van der Waals surface area contributed by atoms with Crippen LogP contribution in [0.4, 0.5) is 4.79 Å². The Labute approximate surface area is 134 Å². The number of carbonyl (C=O) groups excluding carboxylic acids is 4. The molecule has 7 heteroatoms. The van der Waals surface area contributed by atoms with E-state index in [0.717, 1.165) is 10.5 Å². The lowest BCUT2D eigenvalue weighted by Crippen LogP contribution is -2.52. The molecule has 1 aromatic rings. The Hall–Kier alpha value is -2.96. The maximum Gasteiger partial charge on any atom is 0.318 e. The van der Waals surface area contributed by atoms with Crippen molar-refractivity contribution < 1.29 is 19.2 Å². The van der Waals surface area contributed by atoms with Gasteiger partial charge in [0, 0.05) is 14.1 Å². The molecule has 0 aliphatic carbocycles. The molecule has 1 unspecified atom stereocenters. The second-order valence-electron chi connectivity index (χ2n) is 4.52. The zero-order valence-electron chi connectivity index (χ0n) is 12.9. The van der Waals surface area contributed by atoms with Crippen LogP contribution in [0.3, 0.4) is 0 Å². The predicted octanol–water partition coefficient (Wildman–Crippen LogP) is 0.135. The molecule has 2 N–H and O–H groups in total. The van der Waals surface area contributed by atoms with E-state index < -0.39 is 30.3 Å². The molecule has 1 radical (unpaired) electrons. The number of ketones is 1. The van der Waals surface area contributed by atoms with Gasteiger partial charge in [-0.3, -0.25) is 19.3 Å². The lowest BCUT2D eigenvalue weighted by Gasteiger charge is -2.24. The molecule has 0 saturated carbocycles. The van der Waals surface area contributed by atoms with Gasteiger partial charge < -0.3 is 10.6 Å². The van der Waals surface area contributed by atoms with Crippen molar-refractivity contribution in [1.82, 2.24) is 15.5 Å². The molecular weight excluding hydrogens is 298 g/mol. The van der Waals surface area contributed by atoms with Gasteiger partial charge in [-0.2, -0.15) is 0 Å². The van der Waals surface area contributed by atoms with Crippen molar-refractivity contribution in [2.24, 2.45) is 0 Å². The van der Waals surface area contributed by atoms with E-state index in [1.807, 2.05) is 6.07 Å². The Kier molecular flexibility index (Phi) is 7.19. The fourth-order valence-electron chi connectivity index (χ4n) is 1.77. The van der Waals surface area contributed by atoms with Crippen LogP contribution in [0.15, 0.2) is 36.4 Å². The summed E-state index contributed by atoms with van der Waals surface area (Å²) in [5.74, 6) is -1.15. The van der Waals surface area contributed by atoms with E-state index in [1.54, 1.807) is 24.3 Å². The molecule has 1 aromatic carbocycles. The lowest BCUT2D eigenvalue weighted by atomic mass is 10.1. The molecule has 0 heterocycles. The highest BCUT2D eigenvalue weighted by atomic mass is 16.2. The topological polar surface area (TPSA) is 95.6 Å². The fraction of sp³-hybridized carbons (Fsp3) is 0.250. The van der Waals surface area contributed by atoms with Crippen molar-refractivity contribution in [2.45, 2.75) is 6.04 Å². The minimum Gasteiger partial charge on any atom is -0.358 e. The van der Waals surface area contributed by atoms with Gasteiger partial charge in [0.2, 0.25) is 12.2 Å². The van der Waals surface area contributed by atoms with Gasteiger partial charge in [0.15, 0.2) is 11.8 Å². The minimum absolute atomic E-state index is 0.430. The molecule has 0 aliphatic heterocycles. The molecule has 1 atom stereocenters. The van der Waals surface area contributed by atoms with Crippen molar-refractivity contribution in [3.63, 3.8) is 0 Å². The second kappa shape index (κ2) is 9.14. The molecule has 3 amide bonds. The second-order valence-corrected chi connectivity index (χ2v) is 4.52. The molecule has 7 nitrogen and oxygen atoms in total. The van der Waals surface area contributed by atoms with Crippen LogP contribution in [-0.4, -0.2) is 55.6 Å². The maximum absolute atomic E-state index is 12.2. The van der Waals surface area contributed by atoms with Gasteiger partial charge in [-0.25, -0.2) is 4.79 Å². The van der Waals surface area contributed by atoms with Crippen LogP contribution in [0.1, 0.15) is 5.56 Å². The van der Waals surface area contributed by atoms with Crippen LogP contribution < -0.4 is 10.6 Å². The number of benzene rings is 1. The third kappa shape index (κ3) is 5.39. The zero-order valence-corrected chi connectivity index (χ0v) is 12.9. The summed E-state index contributed by atoms with van der Waals surface area (Å²) in [5, 5.41) is 4.62. The Balaban J connectivity index is 2.94. The van der Waals surface area contributed by atoms with E-state index in [0.29, 0.717) is 0 Å². The van der Waals surface area contributed by atoms with E-state index >= 15 is 0 Å². The average Bonchev–Trinajstić information content (AvgIpc) is 2.59. The summed E-state index contributed by atoms with van der Waals surface area (Å²) in [6, 6.07) is 6.79. The number of hydrogen-bond donors (Lipinski definition) is 2. The fourth-order valence-corrected chi connectivity index (χ4v) is 1.77. The third-order valence-corrected chi connectivity index (χ3v) is 3.00. The highest BCUT2D eigenvalue weighted by Crippen LogP contribution is 2.05. The first kappa shape index (κ1) is 18.1. The summed E-state index contributed by atoms with van der Waals surface area (Å²) in [4.78, 5) is 47.5. The average molecular weight is 316 g/mol. The summed E-state index contributed by atoms with van der Waals surface area (Å²) in [5.41, 5.74) is 0.767. The summed E-state index contributed by atoms with van der Waals surface area (Å²) < 4.78 is 0. The van der Waals surface area contributed by atoms with Gasteiger partial charge in [-0.05, 0) is 11.6 Å². The van der Waals surface area contributed by atoms with Crippen LogP contribution in [0, 0.1) is 0 Å². The third-order valence-electron chi connectivity index (χ3n) is 3.00. The van der Waals surface area contributed by atoms with E-state index in [4.69, 9.17) is 0 Å². The van der Waals surface area contributed by atoms with E-state index in [-0.39, 0.29) is 0 Å². The molecule has 0 bridgehead atoms. The van der Waals surface area contributed by atoms with E-state index in [1.165, 1.54) is 32.5 Å². The Morgan fingerprint density at radius 2 is 1.83 bits per heavy atom. The largest absolute Gasteiger partial charge is 0.358 e. The Morgan fingerprint density at radius 3 is 2.35 bits per heavy atom. The number of urea groups is 1. The Bertz CT molecular complexity index is 599. The highest BCUT2D eigenvalue weighted by Gasteiger charge is 2.29. The molecule has 0 aliphatic rings. The van der Waals surface area contributed by atoms with Crippen LogP contribution >= 0.6 is 0 Å². The number of hydrogen-bond acceptors (Lipinski definition) is 4. The highest BCUT2D eigenvalue weighted by molar-refractivity contribution is 6.08. The van der Waals surface area contributed by atoms with Gasteiger partial charge in [0.1, 0.15) is 6.54 Å². The van der Waals surface area contributed by atoms with Crippen LogP contribution in [0.25, 0.3) is 6.08 Å². The van der Waals surface area contributed by atoms with Crippen LogP contribution in [0.2, 0.25) is 0 Å². The number of nitrogens with one attached hydrogen (secondary N) is 2. The molecule has 1 rings (SSSR count). The lowest BCUT2D eigenvalue weighted by molar-refractivity contribution is -0.122. The van der Waals surface area contributed by atoms with Crippen molar-refractivity contribution in [3.05, 3.63) is 42.0 Å². The molecule has 0 saturated heterocycles. The maximum atomic E-state index is 12.2. The van der Waals surface area contributed by atoms with E-state index in [2.05, 4.69) is 10.6 Å². The number of likely N-dealkylation sites (N-methyl/N-ethyl adjacent to an activating group) is 1. The monoisotopic (exact) mass is 316 g/mol. The summed E-state index contributed by atoms with van der Waals surface area (Å²) >= 11 is 0. The molecule has 0 spiro atoms.